The molecule has 5 nitrogen and oxygen atoms in total. The van der Waals surface area contributed by atoms with E-state index in [4.69, 9.17) is 14.7 Å². The van der Waals surface area contributed by atoms with Crippen molar-refractivity contribution in [1.82, 2.24) is 0 Å². The van der Waals surface area contributed by atoms with Crippen molar-refractivity contribution in [1.29, 1.82) is 5.26 Å². The molecule has 0 fully saturated rings. The highest BCUT2D eigenvalue weighted by Gasteiger charge is 2.08. The van der Waals surface area contributed by atoms with Crippen molar-refractivity contribution < 1.29 is 19.1 Å². The maximum atomic E-state index is 11.7. The number of nitriles is 1. The average Bonchev–Trinajstić information content (AvgIpc) is 2.64. The smallest absolute Gasteiger partial charge is 0.344 e. The number of hydrogen-bond acceptors (Lipinski definition) is 5. The van der Waals surface area contributed by atoms with Crippen LogP contribution >= 0.6 is 0 Å². The van der Waals surface area contributed by atoms with Gasteiger partial charge in [-0.1, -0.05) is 25.1 Å². The lowest BCUT2D eigenvalue weighted by molar-refractivity contribution is -0.147. The Kier molecular flexibility index (Phi) is 6.09. The van der Waals surface area contributed by atoms with Gasteiger partial charge in [0.25, 0.3) is 0 Å². The van der Waals surface area contributed by atoms with Gasteiger partial charge in [0.1, 0.15) is 12.4 Å². The molecular weight excluding hydrogens is 306 g/mol. The summed E-state index contributed by atoms with van der Waals surface area (Å²) < 4.78 is 10.4. The Morgan fingerprint density at radius 1 is 1.08 bits per heavy atom. The van der Waals surface area contributed by atoms with E-state index < -0.39 is 5.97 Å². The van der Waals surface area contributed by atoms with Crippen molar-refractivity contribution in [3.8, 4) is 11.8 Å². The average molecular weight is 323 g/mol. The summed E-state index contributed by atoms with van der Waals surface area (Å²) >= 11 is 0. The van der Waals surface area contributed by atoms with Gasteiger partial charge in [-0.3, -0.25) is 4.79 Å². The Morgan fingerprint density at radius 2 is 1.79 bits per heavy atom. The summed E-state index contributed by atoms with van der Waals surface area (Å²) in [6.45, 7) is 1.58. The van der Waals surface area contributed by atoms with E-state index >= 15 is 0 Å². The molecule has 0 spiro atoms. The zero-order valence-electron chi connectivity index (χ0n) is 13.3. The number of nitrogens with zero attached hydrogens (tertiary/aromatic N) is 1. The van der Waals surface area contributed by atoms with Crippen molar-refractivity contribution in [2.75, 3.05) is 6.61 Å². The molecule has 0 saturated carbocycles. The van der Waals surface area contributed by atoms with E-state index in [-0.39, 0.29) is 19.0 Å². The van der Waals surface area contributed by atoms with Gasteiger partial charge >= 0.3 is 5.97 Å². The Hall–Kier alpha value is -3.13. The van der Waals surface area contributed by atoms with Gasteiger partial charge < -0.3 is 9.47 Å². The van der Waals surface area contributed by atoms with Crippen molar-refractivity contribution >= 4 is 11.8 Å². The van der Waals surface area contributed by atoms with Crippen LogP contribution in [0.25, 0.3) is 0 Å². The molecule has 5 heteroatoms. The van der Waals surface area contributed by atoms with Crippen molar-refractivity contribution in [3.63, 3.8) is 0 Å². The van der Waals surface area contributed by atoms with Crippen molar-refractivity contribution in [2.45, 2.75) is 20.0 Å². The first-order valence-electron chi connectivity index (χ1n) is 7.53. The van der Waals surface area contributed by atoms with Crippen LogP contribution in [0, 0.1) is 11.3 Å². The van der Waals surface area contributed by atoms with Gasteiger partial charge in [0.05, 0.1) is 11.6 Å². The first-order valence-corrected chi connectivity index (χ1v) is 7.53. The quantitative estimate of drug-likeness (QED) is 0.577. The molecule has 0 aromatic heterocycles. The molecule has 0 atom stereocenters. The molecule has 0 aliphatic rings. The fourth-order valence-corrected chi connectivity index (χ4v) is 2.04. The minimum Gasteiger partial charge on any atom is -0.482 e. The number of ether oxygens (including phenoxy) is 2. The molecule has 0 bridgehead atoms. The number of benzene rings is 2. The molecule has 24 heavy (non-hydrogen) atoms. The zero-order chi connectivity index (χ0) is 17.4. The Bertz CT molecular complexity index is 760. The maximum absolute atomic E-state index is 11.7. The monoisotopic (exact) mass is 323 g/mol. The largest absolute Gasteiger partial charge is 0.482 e. The zero-order valence-corrected chi connectivity index (χ0v) is 13.3. The second kappa shape index (κ2) is 8.49. The highest BCUT2D eigenvalue weighted by Crippen LogP contribution is 2.14. The fourth-order valence-electron chi connectivity index (χ4n) is 2.04. The van der Waals surface area contributed by atoms with Crippen LogP contribution < -0.4 is 4.74 Å². The number of ketones is 1. The molecule has 122 valence electrons. The fraction of sp³-hybridized carbons (Fsp3) is 0.211. The van der Waals surface area contributed by atoms with Gasteiger partial charge in [-0.05, 0) is 30.3 Å². The number of carbonyl (C=O) groups is 2. The van der Waals surface area contributed by atoms with E-state index in [1.54, 1.807) is 55.5 Å². The number of esters is 1. The molecule has 2 rings (SSSR count). The minimum absolute atomic E-state index is 0.0237. The van der Waals surface area contributed by atoms with Crippen molar-refractivity contribution in [3.05, 3.63) is 65.2 Å². The summed E-state index contributed by atoms with van der Waals surface area (Å²) in [5.74, 6) is 0.00519. The Labute approximate surface area is 140 Å². The highest BCUT2D eigenvalue weighted by molar-refractivity contribution is 5.95. The predicted molar refractivity (Wildman–Crippen MR) is 87.5 cm³/mol. The molecule has 0 N–H and O–H groups in total. The maximum Gasteiger partial charge on any atom is 0.344 e. The van der Waals surface area contributed by atoms with E-state index in [1.807, 2.05) is 6.07 Å². The molecule has 0 radical (unpaired) electrons. The van der Waals surface area contributed by atoms with Crippen molar-refractivity contribution in [2.24, 2.45) is 0 Å². The molecule has 0 heterocycles. The summed E-state index contributed by atoms with van der Waals surface area (Å²) in [5.41, 5.74) is 1.73. The van der Waals surface area contributed by atoms with E-state index in [2.05, 4.69) is 0 Å². The minimum atomic E-state index is -0.531. The molecule has 0 saturated heterocycles. The van der Waals surface area contributed by atoms with Gasteiger partial charge in [-0.15, -0.1) is 0 Å². The number of carbonyl (C=O) groups excluding carboxylic acids is 2. The SMILES string of the molecule is CCC(=O)c1ccc(OCC(=O)OCc2ccccc2C#N)cc1. The number of rotatable bonds is 7. The van der Waals surface area contributed by atoms with Gasteiger partial charge in [0.15, 0.2) is 12.4 Å². The van der Waals surface area contributed by atoms with Crippen LogP contribution in [0.15, 0.2) is 48.5 Å². The Morgan fingerprint density at radius 3 is 2.46 bits per heavy atom. The normalized spacial score (nSPS) is 9.83. The predicted octanol–water partition coefficient (Wildman–Crippen LogP) is 3.27. The summed E-state index contributed by atoms with van der Waals surface area (Å²) in [6, 6.07) is 15.6. The molecule has 0 aliphatic heterocycles. The lowest BCUT2D eigenvalue weighted by Crippen LogP contribution is -2.15. The second-order valence-corrected chi connectivity index (χ2v) is 5.02. The number of hydrogen-bond donors (Lipinski definition) is 0. The van der Waals surface area contributed by atoms with Crippen LogP contribution in [-0.4, -0.2) is 18.4 Å². The molecule has 0 unspecified atom stereocenters. The van der Waals surface area contributed by atoms with Crippen LogP contribution in [0.3, 0.4) is 0 Å². The summed E-state index contributed by atoms with van der Waals surface area (Å²) in [4.78, 5) is 23.3. The number of Topliss-reactive ketones (excluding diaryl/α,β-unsaturated/α-hetero) is 1. The third-order valence-corrected chi connectivity index (χ3v) is 3.38. The van der Waals surface area contributed by atoms with Gasteiger partial charge in [0.2, 0.25) is 0 Å². The van der Waals surface area contributed by atoms with Crippen LogP contribution in [0.4, 0.5) is 0 Å². The van der Waals surface area contributed by atoms with E-state index in [0.29, 0.717) is 28.9 Å². The van der Waals surface area contributed by atoms with Crippen LogP contribution in [0.1, 0.15) is 34.8 Å². The topological polar surface area (TPSA) is 76.4 Å². The standard InChI is InChI=1S/C19H17NO4/c1-2-18(21)14-7-9-17(10-8-14)23-13-19(22)24-12-16-6-4-3-5-15(16)11-20/h3-10H,2,12-13H2,1H3. The summed E-state index contributed by atoms with van der Waals surface area (Å²) in [6.07, 6.45) is 0.441. The van der Waals surface area contributed by atoms with Gasteiger partial charge in [0, 0.05) is 17.5 Å². The Balaban J connectivity index is 1.83. The first kappa shape index (κ1) is 17.2. The van der Waals surface area contributed by atoms with Crippen LogP contribution in [0.2, 0.25) is 0 Å². The molecular formula is C19H17NO4. The molecule has 0 amide bonds. The molecule has 2 aromatic carbocycles. The lowest BCUT2D eigenvalue weighted by atomic mass is 10.1. The van der Waals surface area contributed by atoms with E-state index in [1.165, 1.54) is 0 Å². The molecule has 0 aliphatic carbocycles. The first-order chi connectivity index (χ1) is 11.6. The summed E-state index contributed by atoms with van der Waals surface area (Å²) in [5, 5.41) is 8.98. The van der Waals surface area contributed by atoms with E-state index in [0.717, 1.165) is 0 Å². The van der Waals surface area contributed by atoms with Gasteiger partial charge in [-0.2, -0.15) is 5.26 Å². The summed E-state index contributed by atoms with van der Waals surface area (Å²) in [7, 11) is 0. The highest BCUT2D eigenvalue weighted by atomic mass is 16.6. The second-order valence-electron chi connectivity index (χ2n) is 5.02. The van der Waals surface area contributed by atoms with Crippen LogP contribution in [0.5, 0.6) is 5.75 Å². The third-order valence-electron chi connectivity index (χ3n) is 3.38. The van der Waals surface area contributed by atoms with E-state index in [9.17, 15) is 9.59 Å². The lowest BCUT2D eigenvalue weighted by Gasteiger charge is -2.08. The molecule has 2 aromatic rings. The van der Waals surface area contributed by atoms with Crippen LogP contribution in [-0.2, 0) is 16.1 Å². The van der Waals surface area contributed by atoms with Gasteiger partial charge in [-0.25, -0.2) is 4.79 Å². The third kappa shape index (κ3) is 4.68.